The van der Waals surface area contributed by atoms with Crippen LogP contribution in [0.5, 0.6) is 5.75 Å². The van der Waals surface area contributed by atoms with Gasteiger partial charge in [0.1, 0.15) is 5.75 Å². The summed E-state index contributed by atoms with van der Waals surface area (Å²) in [5, 5.41) is 16.4. The van der Waals surface area contributed by atoms with Gasteiger partial charge in [-0.3, -0.25) is 14.4 Å². The van der Waals surface area contributed by atoms with Crippen molar-refractivity contribution in [2.75, 3.05) is 57.4 Å². The first-order valence-electron chi connectivity index (χ1n) is 14.2. The maximum atomic E-state index is 13.5. The van der Waals surface area contributed by atoms with Crippen LogP contribution >= 0.6 is 0 Å². The number of hydrogen-bond donors (Lipinski definition) is 3. The minimum Gasteiger partial charge on any atom is -0.507 e. The summed E-state index contributed by atoms with van der Waals surface area (Å²) in [5.41, 5.74) is 4.39. The molecule has 0 aliphatic carbocycles. The Labute approximate surface area is 240 Å². The monoisotopic (exact) mass is 556 g/mol. The highest BCUT2D eigenvalue weighted by molar-refractivity contribution is 5.97. The number of nitrogens with one attached hydrogen (secondary N) is 2. The number of phenolic OH excluding ortho intramolecular Hbond substituents is 1. The first-order chi connectivity index (χ1) is 20.0. The van der Waals surface area contributed by atoms with E-state index in [9.17, 15) is 19.5 Å². The van der Waals surface area contributed by atoms with Crippen molar-refractivity contribution < 1.29 is 24.2 Å². The minimum absolute atomic E-state index is 0.0538. The van der Waals surface area contributed by atoms with Crippen LogP contribution < -0.4 is 15.5 Å². The van der Waals surface area contributed by atoms with Crippen molar-refractivity contribution in [2.45, 2.75) is 19.3 Å². The fourth-order valence-corrected chi connectivity index (χ4v) is 5.18. The van der Waals surface area contributed by atoms with Gasteiger partial charge >= 0.3 is 0 Å². The highest BCUT2D eigenvalue weighted by Gasteiger charge is 2.20. The van der Waals surface area contributed by atoms with Crippen molar-refractivity contribution in [3.8, 4) is 16.9 Å². The summed E-state index contributed by atoms with van der Waals surface area (Å²) in [5.74, 6) is -0.510. The Morgan fingerprint density at radius 2 is 1.61 bits per heavy atom. The number of benzene rings is 3. The SMILES string of the molecule is O=C1CN(C(=O)c2ccc(N3CCOCC3)cc2)CCCCNC(=O)c2cccc(c2)-c2cc(ccc2O)CCN1. The lowest BCUT2D eigenvalue weighted by molar-refractivity contribution is -0.121. The van der Waals surface area contributed by atoms with Gasteiger partial charge in [0.05, 0.1) is 19.8 Å². The second-order valence-corrected chi connectivity index (χ2v) is 10.4. The van der Waals surface area contributed by atoms with Gasteiger partial charge in [-0.15, -0.1) is 0 Å². The van der Waals surface area contributed by atoms with E-state index in [4.69, 9.17) is 4.74 Å². The third kappa shape index (κ3) is 7.24. The minimum atomic E-state index is -0.232. The van der Waals surface area contributed by atoms with Gasteiger partial charge in [-0.05, 0) is 78.9 Å². The summed E-state index contributed by atoms with van der Waals surface area (Å²) in [4.78, 5) is 43.0. The number of nitrogens with zero attached hydrogens (tertiary/aromatic N) is 2. The van der Waals surface area contributed by atoms with Crippen LogP contribution in [0.4, 0.5) is 5.69 Å². The van der Waals surface area contributed by atoms with Gasteiger partial charge in [0.25, 0.3) is 11.8 Å². The third-order valence-corrected chi connectivity index (χ3v) is 7.49. The molecule has 2 heterocycles. The fourth-order valence-electron chi connectivity index (χ4n) is 5.18. The van der Waals surface area contributed by atoms with Crippen molar-refractivity contribution in [1.29, 1.82) is 0 Å². The van der Waals surface area contributed by atoms with Crippen LogP contribution in [0, 0.1) is 0 Å². The molecule has 3 aromatic carbocycles. The molecule has 0 radical (unpaired) electrons. The summed E-state index contributed by atoms with van der Waals surface area (Å²) < 4.78 is 5.43. The molecule has 3 aromatic rings. The summed E-state index contributed by atoms with van der Waals surface area (Å²) >= 11 is 0. The number of fused-ring (bicyclic) bond motifs is 5. The van der Waals surface area contributed by atoms with Gasteiger partial charge in [-0.25, -0.2) is 0 Å². The van der Waals surface area contributed by atoms with E-state index in [1.165, 1.54) is 0 Å². The lowest BCUT2D eigenvalue weighted by Gasteiger charge is -2.29. The van der Waals surface area contributed by atoms with Gasteiger partial charge in [0, 0.05) is 55.1 Å². The zero-order valence-corrected chi connectivity index (χ0v) is 23.1. The van der Waals surface area contributed by atoms with Gasteiger partial charge in [-0.2, -0.15) is 0 Å². The van der Waals surface area contributed by atoms with Crippen molar-refractivity contribution in [2.24, 2.45) is 0 Å². The highest BCUT2D eigenvalue weighted by atomic mass is 16.5. The average Bonchev–Trinajstić information content (AvgIpc) is 3.01. The van der Waals surface area contributed by atoms with Crippen LogP contribution in [0.2, 0.25) is 0 Å². The van der Waals surface area contributed by atoms with E-state index >= 15 is 0 Å². The molecule has 214 valence electrons. The van der Waals surface area contributed by atoms with E-state index in [-0.39, 0.29) is 30.0 Å². The molecule has 4 bridgehead atoms. The van der Waals surface area contributed by atoms with E-state index in [1.807, 2.05) is 42.5 Å². The Kier molecular flexibility index (Phi) is 9.15. The lowest BCUT2D eigenvalue weighted by atomic mass is 9.98. The molecule has 9 nitrogen and oxygen atoms in total. The molecule has 2 aliphatic heterocycles. The summed E-state index contributed by atoms with van der Waals surface area (Å²) in [6.07, 6.45) is 1.83. The number of amides is 3. The van der Waals surface area contributed by atoms with Crippen molar-refractivity contribution in [1.82, 2.24) is 15.5 Å². The summed E-state index contributed by atoms with van der Waals surface area (Å²) in [7, 11) is 0. The molecule has 0 spiro atoms. The van der Waals surface area contributed by atoms with Crippen LogP contribution in [0.25, 0.3) is 11.1 Å². The summed E-state index contributed by atoms with van der Waals surface area (Å²) in [6, 6.07) is 20.0. The number of morpholine rings is 1. The lowest BCUT2D eigenvalue weighted by Crippen LogP contribution is -2.42. The average molecular weight is 557 g/mol. The third-order valence-electron chi connectivity index (χ3n) is 7.49. The molecule has 1 fully saturated rings. The Morgan fingerprint density at radius 3 is 2.41 bits per heavy atom. The van der Waals surface area contributed by atoms with Crippen LogP contribution in [0.1, 0.15) is 39.1 Å². The van der Waals surface area contributed by atoms with Crippen molar-refractivity contribution >= 4 is 23.4 Å². The predicted octanol–water partition coefficient (Wildman–Crippen LogP) is 3.22. The molecule has 41 heavy (non-hydrogen) atoms. The zero-order valence-electron chi connectivity index (χ0n) is 23.1. The molecule has 0 saturated carbocycles. The molecule has 2 aliphatic rings. The van der Waals surface area contributed by atoms with Crippen LogP contribution in [-0.2, 0) is 16.0 Å². The molecule has 9 heteroatoms. The van der Waals surface area contributed by atoms with E-state index in [1.54, 1.807) is 29.2 Å². The highest BCUT2D eigenvalue weighted by Crippen LogP contribution is 2.31. The largest absolute Gasteiger partial charge is 0.507 e. The van der Waals surface area contributed by atoms with E-state index in [0.29, 0.717) is 68.8 Å². The number of carbonyl (C=O) groups is 3. The molecule has 1 saturated heterocycles. The smallest absolute Gasteiger partial charge is 0.254 e. The number of phenols is 1. The van der Waals surface area contributed by atoms with Gasteiger partial charge < -0.3 is 30.3 Å². The predicted molar refractivity (Wildman–Crippen MR) is 157 cm³/mol. The maximum Gasteiger partial charge on any atom is 0.254 e. The van der Waals surface area contributed by atoms with Crippen LogP contribution in [0.3, 0.4) is 0 Å². The molecule has 3 amide bonds. The maximum absolute atomic E-state index is 13.5. The molecule has 3 N–H and O–H groups in total. The fraction of sp³-hybridized carbons (Fsp3) is 0.344. The molecule has 0 atom stereocenters. The number of aromatic hydroxyl groups is 1. The number of rotatable bonds is 2. The second kappa shape index (κ2) is 13.3. The Bertz CT molecular complexity index is 1390. The van der Waals surface area contributed by atoms with Crippen molar-refractivity contribution in [3.05, 3.63) is 83.4 Å². The normalized spacial score (nSPS) is 17.2. The molecular weight excluding hydrogens is 520 g/mol. The standard InChI is InChI=1S/C32H36N4O5/c37-29-11-6-23-12-14-33-30(38)22-36(32(40)24-7-9-27(10-8-24)35-16-18-41-19-17-35)15-2-1-13-34-31(39)26-5-3-4-25(21-26)28(29)20-23/h3-11,20-21,37H,1-2,12-19,22H2,(H,33,38)(H,34,39). The summed E-state index contributed by atoms with van der Waals surface area (Å²) in [6.45, 7) is 4.16. The number of anilines is 1. The quantitative estimate of drug-likeness (QED) is 0.447. The molecule has 0 unspecified atom stereocenters. The van der Waals surface area contributed by atoms with Gasteiger partial charge in [0.2, 0.25) is 5.91 Å². The van der Waals surface area contributed by atoms with E-state index < -0.39 is 0 Å². The molecule has 5 rings (SSSR count). The number of ether oxygens (including phenoxy) is 1. The molecule has 0 aromatic heterocycles. The van der Waals surface area contributed by atoms with Crippen LogP contribution in [-0.4, -0.2) is 80.2 Å². The first kappa shape index (κ1) is 28.2. The first-order valence-corrected chi connectivity index (χ1v) is 14.2. The number of hydrogen-bond acceptors (Lipinski definition) is 6. The van der Waals surface area contributed by atoms with Gasteiger partial charge in [-0.1, -0.05) is 18.2 Å². The van der Waals surface area contributed by atoms with Crippen molar-refractivity contribution in [3.63, 3.8) is 0 Å². The topological polar surface area (TPSA) is 111 Å². The molecular formula is C32H36N4O5. The van der Waals surface area contributed by atoms with E-state index in [2.05, 4.69) is 15.5 Å². The van der Waals surface area contributed by atoms with Gasteiger partial charge in [0.15, 0.2) is 0 Å². The van der Waals surface area contributed by atoms with E-state index in [0.717, 1.165) is 29.9 Å². The van der Waals surface area contributed by atoms with Crippen LogP contribution in [0.15, 0.2) is 66.7 Å². The Balaban J connectivity index is 1.31. The Hall–Kier alpha value is -4.37. The zero-order chi connectivity index (χ0) is 28.6. The number of carbonyl (C=O) groups excluding carboxylic acids is 3. The second-order valence-electron chi connectivity index (χ2n) is 10.4. The Morgan fingerprint density at radius 1 is 0.829 bits per heavy atom.